The number of aryl methyl sites for hydroxylation is 2. The summed E-state index contributed by atoms with van der Waals surface area (Å²) in [6.07, 6.45) is 0. The number of hydrogen-bond acceptors (Lipinski definition) is 2. The van der Waals surface area contributed by atoms with Gasteiger partial charge >= 0.3 is 0 Å². The van der Waals surface area contributed by atoms with Crippen LogP contribution in [-0.4, -0.2) is 9.97 Å². The Hall–Kier alpha value is -1.12. The molecule has 2 rings (SSSR count). The quantitative estimate of drug-likeness (QED) is 0.716. The highest BCUT2D eigenvalue weighted by molar-refractivity contribution is 6.33. The maximum absolute atomic E-state index is 5.85. The number of hydrogen-bond donors (Lipinski definition) is 0. The summed E-state index contributed by atoms with van der Waals surface area (Å²) in [5.74, 6) is 0.565. The van der Waals surface area contributed by atoms with Gasteiger partial charge in [-0.3, -0.25) is 0 Å². The number of nitrogens with zero attached hydrogens (tertiary/aromatic N) is 2. The van der Waals surface area contributed by atoms with E-state index in [0.29, 0.717) is 16.1 Å². The van der Waals surface area contributed by atoms with Gasteiger partial charge in [-0.15, -0.1) is 0 Å². The average molecular weight is 253 g/mol. The normalized spacial score (nSPS) is 10.5. The van der Waals surface area contributed by atoms with Crippen LogP contribution >= 0.6 is 23.2 Å². The minimum Gasteiger partial charge on any atom is -0.216 e. The van der Waals surface area contributed by atoms with Crippen LogP contribution in [0.15, 0.2) is 24.3 Å². The first-order valence-corrected chi connectivity index (χ1v) is 5.59. The van der Waals surface area contributed by atoms with Gasteiger partial charge in [-0.25, -0.2) is 9.97 Å². The molecule has 16 heavy (non-hydrogen) atoms. The Morgan fingerprint density at radius 2 is 1.56 bits per heavy atom. The van der Waals surface area contributed by atoms with Gasteiger partial charge in [-0.1, -0.05) is 47.0 Å². The fraction of sp³-hybridized carbons (Fsp3) is 0.167. The third-order valence-electron chi connectivity index (χ3n) is 2.29. The monoisotopic (exact) mass is 252 g/mol. The number of rotatable bonds is 1. The molecule has 4 heteroatoms. The largest absolute Gasteiger partial charge is 0.216 e. The van der Waals surface area contributed by atoms with Crippen molar-refractivity contribution in [3.8, 4) is 11.4 Å². The first kappa shape index (κ1) is 11.4. The van der Waals surface area contributed by atoms with E-state index in [1.807, 2.05) is 26.0 Å². The Bertz CT molecular complexity index is 518. The third kappa shape index (κ3) is 2.34. The van der Waals surface area contributed by atoms with Crippen molar-refractivity contribution in [3.63, 3.8) is 0 Å². The maximum atomic E-state index is 5.85. The molecular formula is C12H10Cl2N2. The van der Waals surface area contributed by atoms with Gasteiger partial charge in [0.15, 0.2) is 5.82 Å². The molecular weight excluding hydrogens is 243 g/mol. The molecule has 1 aromatic heterocycles. The fourth-order valence-corrected chi connectivity index (χ4v) is 2.00. The predicted molar refractivity (Wildman–Crippen MR) is 67.0 cm³/mol. The van der Waals surface area contributed by atoms with E-state index in [-0.39, 0.29) is 0 Å². The summed E-state index contributed by atoms with van der Waals surface area (Å²) in [5.41, 5.74) is 3.27. The highest BCUT2D eigenvalue weighted by Gasteiger charge is 2.07. The minimum atomic E-state index is 0.356. The summed E-state index contributed by atoms with van der Waals surface area (Å²) in [5, 5.41) is 0.713. The van der Waals surface area contributed by atoms with E-state index < -0.39 is 0 Å². The van der Waals surface area contributed by atoms with E-state index in [4.69, 9.17) is 23.2 Å². The lowest BCUT2D eigenvalue weighted by molar-refractivity contribution is 1.16. The predicted octanol–water partition coefficient (Wildman–Crippen LogP) is 4.07. The van der Waals surface area contributed by atoms with Gasteiger partial charge in [0.25, 0.3) is 0 Å². The standard InChI is InChI=1S/C12H10Cl2N2/c1-7-3-4-9(8(2)5-7)12-15-10(13)6-11(14)16-12/h3-6H,1-2H3. The molecule has 0 fully saturated rings. The molecule has 1 aromatic carbocycles. The summed E-state index contributed by atoms with van der Waals surface area (Å²) in [7, 11) is 0. The molecule has 0 radical (unpaired) electrons. The second-order valence-electron chi connectivity index (χ2n) is 3.66. The summed E-state index contributed by atoms with van der Waals surface area (Å²) in [4.78, 5) is 8.33. The molecule has 82 valence electrons. The van der Waals surface area contributed by atoms with Gasteiger partial charge in [0.1, 0.15) is 10.3 Å². The molecule has 1 heterocycles. The summed E-state index contributed by atoms with van der Waals surface area (Å²) in [6.45, 7) is 4.06. The van der Waals surface area contributed by atoms with Crippen LogP contribution in [0.5, 0.6) is 0 Å². The second kappa shape index (κ2) is 4.40. The summed E-state index contributed by atoms with van der Waals surface area (Å²) < 4.78 is 0. The van der Waals surface area contributed by atoms with Crippen molar-refractivity contribution < 1.29 is 0 Å². The van der Waals surface area contributed by atoms with Crippen LogP contribution in [0.2, 0.25) is 10.3 Å². The lowest BCUT2D eigenvalue weighted by Crippen LogP contribution is -1.92. The molecule has 0 amide bonds. The van der Waals surface area contributed by atoms with Crippen molar-refractivity contribution in [2.75, 3.05) is 0 Å². The number of halogens is 2. The number of benzene rings is 1. The first-order chi connectivity index (χ1) is 7.56. The van der Waals surface area contributed by atoms with Crippen LogP contribution in [0.25, 0.3) is 11.4 Å². The maximum Gasteiger partial charge on any atom is 0.162 e. The molecule has 0 spiro atoms. The summed E-state index contributed by atoms with van der Waals surface area (Å²) in [6, 6.07) is 7.59. The minimum absolute atomic E-state index is 0.356. The van der Waals surface area contributed by atoms with Crippen molar-refractivity contribution in [3.05, 3.63) is 45.7 Å². The van der Waals surface area contributed by atoms with Gasteiger partial charge in [0.2, 0.25) is 0 Å². The van der Waals surface area contributed by atoms with E-state index in [1.165, 1.54) is 11.6 Å². The molecule has 0 aliphatic carbocycles. The van der Waals surface area contributed by atoms with Crippen molar-refractivity contribution in [1.29, 1.82) is 0 Å². The zero-order valence-corrected chi connectivity index (χ0v) is 10.5. The van der Waals surface area contributed by atoms with Gasteiger partial charge in [0, 0.05) is 11.6 Å². The zero-order valence-electron chi connectivity index (χ0n) is 8.96. The Morgan fingerprint density at radius 3 is 2.12 bits per heavy atom. The average Bonchev–Trinajstić information content (AvgIpc) is 2.15. The van der Waals surface area contributed by atoms with Crippen molar-refractivity contribution in [1.82, 2.24) is 9.97 Å². The Balaban J connectivity index is 2.58. The molecule has 2 aromatic rings. The lowest BCUT2D eigenvalue weighted by Gasteiger charge is -2.06. The van der Waals surface area contributed by atoms with Crippen LogP contribution in [-0.2, 0) is 0 Å². The molecule has 0 aliphatic heterocycles. The van der Waals surface area contributed by atoms with Crippen LogP contribution in [0.1, 0.15) is 11.1 Å². The Kier molecular flexibility index (Phi) is 3.13. The fourth-order valence-electron chi connectivity index (χ4n) is 1.58. The topological polar surface area (TPSA) is 25.8 Å². The first-order valence-electron chi connectivity index (χ1n) is 4.84. The van der Waals surface area contributed by atoms with E-state index in [0.717, 1.165) is 11.1 Å². The van der Waals surface area contributed by atoms with E-state index >= 15 is 0 Å². The van der Waals surface area contributed by atoms with Crippen molar-refractivity contribution >= 4 is 23.2 Å². The van der Waals surface area contributed by atoms with Crippen molar-refractivity contribution in [2.45, 2.75) is 13.8 Å². The molecule has 0 atom stereocenters. The summed E-state index contributed by atoms with van der Waals surface area (Å²) >= 11 is 11.7. The Morgan fingerprint density at radius 1 is 0.938 bits per heavy atom. The van der Waals surface area contributed by atoms with Crippen LogP contribution in [0, 0.1) is 13.8 Å². The van der Waals surface area contributed by atoms with Gasteiger partial charge < -0.3 is 0 Å². The van der Waals surface area contributed by atoms with Crippen LogP contribution in [0.3, 0.4) is 0 Å². The molecule has 0 bridgehead atoms. The highest BCUT2D eigenvalue weighted by atomic mass is 35.5. The van der Waals surface area contributed by atoms with Crippen LogP contribution < -0.4 is 0 Å². The number of aromatic nitrogens is 2. The highest BCUT2D eigenvalue weighted by Crippen LogP contribution is 2.23. The second-order valence-corrected chi connectivity index (χ2v) is 4.43. The van der Waals surface area contributed by atoms with Crippen molar-refractivity contribution in [2.24, 2.45) is 0 Å². The molecule has 2 nitrogen and oxygen atoms in total. The van der Waals surface area contributed by atoms with E-state index in [1.54, 1.807) is 0 Å². The zero-order chi connectivity index (χ0) is 11.7. The van der Waals surface area contributed by atoms with E-state index in [9.17, 15) is 0 Å². The molecule has 0 aliphatic rings. The van der Waals surface area contributed by atoms with E-state index in [2.05, 4.69) is 16.0 Å². The SMILES string of the molecule is Cc1ccc(-c2nc(Cl)cc(Cl)n2)c(C)c1. The van der Waals surface area contributed by atoms with Gasteiger partial charge in [-0.05, 0) is 19.4 Å². The van der Waals surface area contributed by atoms with Gasteiger partial charge in [-0.2, -0.15) is 0 Å². The molecule has 0 N–H and O–H groups in total. The lowest BCUT2D eigenvalue weighted by atomic mass is 10.1. The van der Waals surface area contributed by atoms with Gasteiger partial charge in [0.05, 0.1) is 0 Å². The Labute approximate surface area is 104 Å². The molecule has 0 unspecified atom stereocenters. The molecule has 0 saturated carbocycles. The molecule has 0 saturated heterocycles. The smallest absolute Gasteiger partial charge is 0.162 e. The van der Waals surface area contributed by atoms with Crippen LogP contribution in [0.4, 0.5) is 0 Å². The third-order valence-corrected chi connectivity index (χ3v) is 2.67.